The molecule has 0 radical (unpaired) electrons. The molecule has 0 unspecified atom stereocenters. The highest BCUT2D eigenvalue weighted by molar-refractivity contribution is 6.14. The molecule has 3 heteroatoms. The van der Waals surface area contributed by atoms with Gasteiger partial charge in [0, 0.05) is 16.7 Å². The van der Waals surface area contributed by atoms with Crippen molar-refractivity contribution in [2.24, 2.45) is 0 Å². The van der Waals surface area contributed by atoms with E-state index in [4.69, 9.17) is 4.42 Å². The molecule has 0 atom stereocenters. The minimum Gasteiger partial charge on any atom is -0.452 e. The maximum atomic E-state index is 12.8. The molecule has 3 aromatic rings. The van der Waals surface area contributed by atoms with E-state index >= 15 is 0 Å². The Bertz CT molecular complexity index is 815. The molecule has 108 valence electrons. The zero-order valence-corrected chi connectivity index (χ0v) is 12.1. The van der Waals surface area contributed by atoms with Gasteiger partial charge in [-0.25, -0.2) is 0 Å². The van der Waals surface area contributed by atoms with Gasteiger partial charge in [-0.3, -0.25) is 9.59 Å². The zero-order valence-electron chi connectivity index (χ0n) is 12.1. The van der Waals surface area contributed by atoms with E-state index in [1.165, 1.54) is 0 Å². The van der Waals surface area contributed by atoms with Gasteiger partial charge in [-0.15, -0.1) is 0 Å². The van der Waals surface area contributed by atoms with Crippen LogP contribution in [0.15, 0.2) is 65.1 Å². The predicted octanol–water partition coefficient (Wildman–Crippen LogP) is 4.30. The molecule has 2 aromatic carbocycles. The summed E-state index contributed by atoms with van der Waals surface area (Å²) in [6.45, 7) is 1.73. The third-order valence-corrected chi connectivity index (χ3v) is 3.59. The van der Waals surface area contributed by atoms with E-state index in [2.05, 4.69) is 0 Å². The molecule has 0 aliphatic rings. The summed E-state index contributed by atoms with van der Waals surface area (Å²) in [5.41, 5.74) is 2.36. The number of aldehydes is 1. The van der Waals surface area contributed by atoms with Gasteiger partial charge in [0.15, 0.2) is 17.8 Å². The highest BCUT2D eigenvalue weighted by Gasteiger charge is 2.24. The summed E-state index contributed by atoms with van der Waals surface area (Å²) in [5, 5.41) is 0. The van der Waals surface area contributed by atoms with Crippen molar-refractivity contribution in [1.29, 1.82) is 0 Å². The first-order chi connectivity index (χ1) is 10.7. The Morgan fingerprint density at radius 2 is 1.55 bits per heavy atom. The second kappa shape index (κ2) is 5.82. The van der Waals surface area contributed by atoms with E-state index in [9.17, 15) is 9.59 Å². The number of ketones is 1. The van der Waals surface area contributed by atoms with Crippen molar-refractivity contribution in [3.8, 4) is 11.3 Å². The summed E-state index contributed by atoms with van der Waals surface area (Å²) in [5.74, 6) is 0.487. The Labute approximate surface area is 128 Å². The molecule has 0 fully saturated rings. The van der Waals surface area contributed by atoms with Crippen molar-refractivity contribution >= 4 is 12.1 Å². The molecule has 3 rings (SSSR count). The van der Waals surface area contributed by atoms with Gasteiger partial charge in [-0.1, -0.05) is 60.7 Å². The van der Waals surface area contributed by atoms with Crippen LogP contribution in [0.2, 0.25) is 0 Å². The van der Waals surface area contributed by atoms with Crippen LogP contribution in [-0.2, 0) is 0 Å². The van der Waals surface area contributed by atoms with Crippen LogP contribution < -0.4 is 0 Å². The molecule has 0 bridgehead atoms. The Hall–Kier alpha value is -2.94. The molecule has 0 spiro atoms. The van der Waals surface area contributed by atoms with Gasteiger partial charge in [0.25, 0.3) is 0 Å². The van der Waals surface area contributed by atoms with E-state index in [0.717, 1.165) is 5.56 Å². The fourth-order valence-electron chi connectivity index (χ4n) is 2.44. The number of carbonyl (C=O) groups is 2. The van der Waals surface area contributed by atoms with Gasteiger partial charge in [0.1, 0.15) is 5.76 Å². The monoisotopic (exact) mass is 290 g/mol. The standard InChI is InChI=1S/C19H14O3/c1-13-16(12-20)22-19(15-10-6-3-7-11-15)17(13)18(21)14-8-4-2-5-9-14/h2-12H,1H3. The first-order valence-electron chi connectivity index (χ1n) is 6.96. The Balaban J connectivity index is 2.20. The summed E-state index contributed by atoms with van der Waals surface area (Å²) in [6.07, 6.45) is 0.642. The molecule has 22 heavy (non-hydrogen) atoms. The normalized spacial score (nSPS) is 10.4. The number of benzene rings is 2. The van der Waals surface area contributed by atoms with Crippen LogP contribution in [-0.4, -0.2) is 12.1 Å². The molecule has 0 saturated heterocycles. The fraction of sp³-hybridized carbons (Fsp3) is 0.0526. The van der Waals surface area contributed by atoms with E-state index in [1.54, 1.807) is 19.1 Å². The topological polar surface area (TPSA) is 47.3 Å². The zero-order chi connectivity index (χ0) is 15.5. The second-order valence-corrected chi connectivity index (χ2v) is 4.97. The number of hydrogen-bond acceptors (Lipinski definition) is 3. The fourth-order valence-corrected chi connectivity index (χ4v) is 2.44. The van der Waals surface area contributed by atoms with Crippen molar-refractivity contribution in [3.63, 3.8) is 0 Å². The van der Waals surface area contributed by atoms with Crippen molar-refractivity contribution in [2.75, 3.05) is 0 Å². The van der Waals surface area contributed by atoms with Crippen LogP contribution in [0.5, 0.6) is 0 Å². The highest BCUT2D eigenvalue weighted by Crippen LogP contribution is 2.32. The molecule has 3 nitrogen and oxygen atoms in total. The van der Waals surface area contributed by atoms with Crippen LogP contribution in [0.3, 0.4) is 0 Å². The third-order valence-electron chi connectivity index (χ3n) is 3.59. The van der Waals surface area contributed by atoms with Crippen LogP contribution in [0, 0.1) is 6.92 Å². The summed E-state index contributed by atoms with van der Waals surface area (Å²) in [7, 11) is 0. The van der Waals surface area contributed by atoms with Crippen molar-refractivity contribution in [2.45, 2.75) is 6.92 Å². The molecule has 0 N–H and O–H groups in total. The first kappa shape index (κ1) is 14.0. The Morgan fingerprint density at radius 3 is 2.14 bits per heavy atom. The van der Waals surface area contributed by atoms with Crippen LogP contribution >= 0.6 is 0 Å². The van der Waals surface area contributed by atoms with Gasteiger partial charge in [0.05, 0.1) is 5.56 Å². The average molecular weight is 290 g/mol. The van der Waals surface area contributed by atoms with E-state index < -0.39 is 0 Å². The lowest BCUT2D eigenvalue weighted by atomic mass is 9.97. The van der Waals surface area contributed by atoms with Crippen molar-refractivity contribution in [3.05, 3.63) is 83.1 Å². The van der Waals surface area contributed by atoms with Gasteiger partial charge >= 0.3 is 0 Å². The number of hydrogen-bond donors (Lipinski definition) is 0. The number of furan rings is 1. The van der Waals surface area contributed by atoms with E-state index in [-0.39, 0.29) is 11.5 Å². The minimum atomic E-state index is -0.145. The molecular weight excluding hydrogens is 276 g/mol. The van der Waals surface area contributed by atoms with Crippen LogP contribution in [0.25, 0.3) is 11.3 Å². The van der Waals surface area contributed by atoms with Crippen LogP contribution in [0.1, 0.15) is 32.0 Å². The van der Waals surface area contributed by atoms with Gasteiger partial charge in [-0.05, 0) is 6.92 Å². The number of rotatable bonds is 4. The lowest BCUT2D eigenvalue weighted by molar-refractivity contribution is 0.103. The van der Waals surface area contributed by atoms with Gasteiger partial charge in [0.2, 0.25) is 0 Å². The van der Waals surface area contributed by atoms with Crippen molar-refractivity contribution < 1.29 is 14.0 Å². The maximum Gasteiger partial charge on any atom is 0.197 e. The summed E-state index contributed by atoms with van der Waals surface area (Å²) >= 11 is 0. The Kier molecular flexibility index (Phi) is 3.71. The van der Waals surface area contributed by atoms with E-state index in [1.807, 2.05) is 48.5 Å². The van der Waals surface area contributed by atoms with Gasteiger partial charge < -0.3 is 4.42 Å². The SMILES string of the molecule is Cc1c(C=O)oc(-c2ccccc2)c1C(=O)c1ccccc1. The summed E-state index contributed by atoms with van der Waals surface area (Å²) in [6, 6.07) is 18.3. The average Bonchev–Trinajstić information content (AvgIpc) is 2.92. The second-order valence-electron chi connectivity index (χ2n) is 4.97. The molecule has 0 aliphatic carbocycles. The summed E-state index contributed by atoms with van der Waals surface area (Å²) in [4.78, 5) is 24.0. The lowest BCUT2D eigenvalue weighted by Gasteiger charge is -2.03. The predicted molar refractivity (Wildman–Crippen MR) is 84.1 cm³/mol. The number of carbonyl (C=O) groups excluding carboxylic acids is 2. The van der Waals surface area contributed by atoms with Gasteiger partial charge in [-0.2, -0.15) is 0 Å². The molecule has 0 aliphatic heterocycles. The molecule has 1 heterocycles. The van der Waals surface area contributed by atoms with Crippen LogP contribution in [0.4, 0.5) is 0 Å². The van der Waals surface area contributed by atoms with Crippen molar-refractivity contribution in [1.82, 2.24) is 0 Å². The third kappa shape index (κ3) is 2.37. The maximum absolute atomic E-state index is 12.8. The molecular formula is C19H14O3. The molecule has 1 aromatic heterocycles. The lowest BCUT2D eigenvalue weighted by Crippen LogP contribution is -2.03. The highest BCUT2D eigenvalue weighted by atomic mass is 16.3. The van der Waals surface area contributed by atoms with E-state index in [0.29, 0.717) is 28.7 Å². The summed E-state index contributed by atoms with van der Waals surface area (Å²) < 4.78 is 5.63. The molecule has 0 saturated carbocycles. The minimum absolute atomic E-state index is 0.145. The molecule has 0 amide bonds. The largest absolute Gasteiger partial charge is 0.452 e. The smallest absolute Gasteiger partial charge is 0.197 e. The first-order valence-corrected chi connectivity index (χ1v) is 6.96. The quantitative estimate of drug-likeness (QED) is 0.531. The Morgan fingerprint density at radius 1 is 0.955 bits per heavy atom.